The molecule has 2 saturated heterocycles. The molecule has 0 N–H and O–H groups in total. The highest BCUT2D eigenvalue weighted by Gasteiger charge is 2.59. The van der Waals surface area contributed by atoms with Crippen molar-refractivity contribution in [2.45, 2.75) is 147 Å². The molecule has 1 saturated carbocycles. The second kappa shape index (κ2) is 11.1. The lowest BCUT2D eigenvalue weighted by Crippen LogP contribution is -2.54. The molecule has 4 heteroatoms. The van der Waals surface area contributed by atoms with E-state index in [1.54, 1.807) is 0 Å². The molecule has 2 nitrogen and oxygen atoms in total. The van der Waals surface area contributed by atoms with Crippen molar-refractivity contribution in [3.63, 3.8) is 0 Å². The Balaban J connectivity index is 0.000000279. The smallest absolute Gasteiger partial charge is 0.178 e. The molecule has 0 amide bonds. The van der Waals surface area contributed by atoms with Gasteiger partial charge in [0.15, 0.2) is 5.79 Å². The van der Waals surface area contributed by atoms with Crippen molar-refractivity contribution in [3.05, 3.63) is 0 Å². The Morgan fingerprint density at radius 3 is 0.838 bits per heavy atom. The molecule has 3 rings (SSSR count). The van der Waals surface area contributed by atoms with E-state index in [0.29, 0.717) is 44.4 Å². The van der Waals surface area contributed by atoms with Gasteiger partial charge in [0.05, 0.1) is 17.3 Å². The standard InChI is InChI=1S/C11H22O2.C11H22S2.C11H22/c2*1-9(2,3)11(10(4,5)6)12-7-8-13-11;1-9(2,3)11(7-8-11)10(4,5)6/h2*7-8H2,1-6H3;7-8H2,1-6H3. The minimum absolute atomic E-state index is 0.0156. The minimum Gasteiger partial charge on any atom is -0.346 e. The van der Waals surface area contributed by atoms with Gasteiger partial charge in [-0.15, -0.1) is 23.5 Å². The Hall–Kier alpha value is 0.620. The lowest BCUT2D eigenvalue weighted by molar-refractivity contribution is -0.279. The summed E-state index contributed by atoms with van der Waals surface area (Å²) in [6, 6.07) is 0. The van der Waals surface area contributed by atoms with Crippen LogP contribution in [0.15, 0.2) is 0 Å². The van der Waals surface area contributed by atoms with E-state index in [-0.39, 0.29) is 10.8 Å². The number of rotatable bonds is 0. The van der Waals surface area contributed by atoms with Gasteiger partial charge in [-0.05, 0) is 39.9 Å². The Morgan fingerprint density at radius 1 is 0.432 bits per heavy atom. The average Bonchev–Trinajstić information content (AvgIpc) is 3.10. The zero-order valence-corrected chi connectivity index (χ0v) is 30.0. The molecule has 0 aromatic carbocycles. The summed E-state index contributed by atoms with van der Waals surface area (Å²) in [5.74, 6) is 2.21. The molecule has 0 radical (unpaired) electrons. The van der Waals surface area contributed by atoms with Gasteiger partial charge in [-0.2, -0.15) is 0 Å². The molecule has 0 spiro atoms. The van der Waals surface area contributed by atoms with E-state index in [9.17, 15) is 0 Å². The van der Waals surface area contributed by atoms with E-state index in [1.807, 2.05) is 0 Å². The maximum absolute atomic E-state index is 5.85. The van der Waals surface area contributed by atoms with Crippen molar-refractivity contribution in [1.82, 2.24) is 0 Å². The van der Waals surface area contributed by atoms with Crippen LogP contribution in [0, 0.1) is 37.9 Å². The van der Waals surface area contributed by atoms with E-state index in [0.717, 1.165) is 0 Å². The molecule has 2 aliphatic heterocycles. The van der Waals surface area contributed by atoms with Gasteiger partial charge >= 0.3 is 0 Å². The molecular formula is C33H66O2S2. The third-order valence-electron chi connectivity index (χ3n) is 8.96. The van der Waals surface area contributed by atoms with Gasteiger partial charge < -0.3 is 9.47 Å². The van der Waals surface area contributed by atoms with Crippen molar-refractivity contribution >= 4 is 23.5 Å². The Kier molecular flexibility index (Phi) is 10.7. The van der Waals surface area contributed by atoms with Gasteiger partial charge in [0, 0.05) is 22.3 Å². The number of hydrogen-bond donors (Lipinski definition) is 0. The topological polar surface area (TPSA) is 18.5 Å². The van der Waals surface area contributed by atoms with Gasteiger partial charge in [-0.3, -0.25) is 0 Å². The van der Waals surface area contributed by atoms with Gasteiger partial charge in [-0.1, -0.05) is 125 Å². The fourth-order valence-electron chi connectivity index (χ4n) is 7.56. The van der Waals surface area contributed by atoms with Crippen molar-refractivity contribution in [3.8, 4) is 0 Å². The molecule has 0 unspecified atom stereocenters. The first-order valence-corrected chi connectivity index (χ1v) is 16.6. The summed E-state index contributed by atoms with van der Waals surface area (Å²) in [6.07, 6.45) is 2.86. The summed E-state index contributed by atoms with van der Waals surface area (Å²) in [6.45, 7) is 43.0. The van der Waals surface area contributed by atoms with Gasteiger partial charge in [0.25, 0.3) is 0 Å². The summed E-state index contributed by atoms with van der Waals surface area (Å²) in [7, 11) is 0. The summed E-state index contributed by atoms with van der Waals surface area (Å²) in [5.41, 5.74) is 2.41. The lowest BCUT2D eigenvalue weighted by atomic mass is 9.63. The fourth-order valence-corrected chi connectivity index (χ4v) is 11.4. The first kappa shape index (κ1) is 35.6. The Bertz CT molecular complexity index is 619. The normalized spacial score (nSPS) is 23.5. The third kappa shape index (κ3) is 7.28. The zero-order valence-electron chi connectivity index (χ0n) is 28.4. The molecule has 0 aromatic rings. The summed E-state index contributed by atoms with van der Waals surface area (Å²) < 4.78 is 12.1. The molecule has 3 fully saturated rings. The fraction of sp³-hybridized carbons (Fsp3) is 1.00. The molecule has 0 bridgehead atoms. The van der Waals surface area contributed by atoms with Gasteiger partial charge in [0.2, 0.25) is 0 Å². The second-order valence-corrected chi connectivity index (χ2v) is 20.6. The van der Waals surface area contributed by atoms with Crippen LogP contribution in [0.5, 0.6) is 0 Å². The highest BCUT2D eigenvalue weighted by atomic mass is 32.2. The summed E-state index contributed by atoms with van der Waals surface area (Å²) in [5, 5.41) is 0. The van der Waals surface area contributed by atoms with Crippen LogP contribution in [0.1, 0.15) is 137 Å². The van der Waals surface area contributed by atoms with Crippen LogP contribution in [0.3, 0.4) is 0 Å². The summed E-state index contributed by atoms with van der Waals surface area (Å²) in [4.78, 5) is 0. The molecule has 1 aliphatic carbocycles. The van der Waals surface area contributed by atoms with Crippen LogP contribution >= 0.6 is 23.5 Å². The van der Waals surface area contributed by atoms with Crippen LogP contribution in [0.4, 0.5) is 0 Å². The largest absolute Gasteiger partial charge is 0.346 e. The zero-order chi connectivity index (χ0) is 29.6. The van der Waals surface area contributed by atoms with Gasteiger partial charge in [-0.25, -0.2) is 0 Å². The van der Waals surface area contributed by atoms with Crippen LogP contribution in [-0.4, -0.2) is 34.6 Å². The molecule has 37 heavy (non-hydrogen) atoms. The maximum atomic E-state index is 5.85. The predicted octanol–water partition coefficient (Wildman–Crippen LogP) is 10.9. The lowest BCUT2D eigenvalue weighted by Gasteiger charge is -2.49. The highest BCUT2D eigenvalue weighted by Crippen LogP contribution is 2.67. The first-order valence-electron chi connectivity index (χ1n) is 14.7. The van der Waals surface area contributed by atoms with Crippen molar-refractivity contribution in [1.29, 1.82) is 0 Å². The quantitative estimate of drug-likeness (QED) is 0.294. The molecule has 2 heterocycles. The highest BCUT2D eigenvalue weighted by molar-refractivity contribution is 8.21. The molecule has 222 valence electrons. The monoisotopic (exact) mass is 558 g/mol. The molecule has 3 aliphatic rings. The molecule has 0 aromatic heterocycles. The first-order chi connectivity index (χ1) is 16.1. The SMILES string of the molecule is CC(C)(C)C1(C(C)(C)C)CC1.CC(C)(C)C1(C(C)(C)C)OCCO1.CC(C)(C)C1(C(C)(C)C)SCCS1. The van der Waals surface area contributed by atoms with Gasteiger partial charge in [0.1, 0.15) is 0 Å². The van der Waals surface area contributed by atoms with E-state index in [1.165, 1.54) is 24.3 Å². The number of thioether (sulfide) groups is 2. The van der Waals surface area contributed by atoms with Crippen molar-refractivity contribution in [2.24, 2.45) is 37.9 Å². The van der Waals surface area contributed by atoms with E-state index in [2.05, 4.69) is 148 Å². The summed E-state index contributed by atoms with van der Waals surface area (Å²) >= 11 is 4.33. The Labute approximate surface area is 242 Å². The van der Waals surface area contributed by atoms with Crippen LogP contribution in [0.25, 0.3) is 0 Å². The van der Waals surface area contributed by atoms with Crippen LogP contribution in [0.2, 0.25) is 0 Å². The van der Waals surface area contributed by atoms with E-state index in [4.69, 9.17) is 9.47 Å². The number of ether oxygens (including phenoxy) is 2. The predicted molar refractivity (Wildman–Crippen MR) is 171 cm³/mol. The average molecular weight is 559 g/mol. The number of hydrogen-bond acceptors (Lipinski definition) is 4. The second-order valence-electron chi connectivity index (χ2n) is 17.7. The third-order valence-corrected chi connectivity index (χ3v) is 14.0. The molecular weight excluding hydrogens is 492 g/mol. The maximum Gasteiger partial charge on any atom is 0.178 e. The molecule has 0 atom stereocenters. The van der Waals surface area contributed by atoms with Crippen molar-refractivity contribution in [2.75, 3.05) is 24.7 Å². The van der Waals surface area contributed by atoms with Crippen LogP contribution in [-0.2, 0) is 9.47 Å². The van der Waals surface area contributed by atoms with E-state index < -0.39 is 5.79 Å². The Morgan fingerprint density at radius 2 is 0.730 bits per heavy atom. The van der Waals surface area contributed by atoms with Crippen LogP contribution < -0.4 is 0 Å². The van der Waals surface area contributed by atoms with Crippen molar-refractivity contribution < 1.29 is 9.47 Å². The minimum atomic E-state index is -0.431. The van der Waals surface area contributed by atoms with E-state index >= 15 is 0 Å².